The SMILES string of the molecule is Cc1nc(C)c(CC(=O)Nc2nc3c(s2)CC(C)CC3)c(=O)[nH]1. The molecule has 0 aliphatic heterocycles. The summed E-state index contributed by atoms with van der Waals surface area (Å²) in [5.41, 5.74) is 1.85. The number of carbonyl (C=O) groups is 1. The van der Waals surface area contributed by atoms with E-state index in [-0.39, 0.29) is 17.9 Å². The molecule has 0 aromatic carbocycles. The van der Waals surface area contributed by atoms with Crippen molar-refractivity contribution in [2.24, 2.45) is 5.92 Å². The first-order valence-corrected chi connectivity index (χ1v) is 8.59. The van der Waals surface area contributed by atoms with Crippen LogP contribution in [0.2, 0.25) is 0 Å². The van der Waals surface area contributed by atoms with Gasteiger partial charge in [0.1, 0.15) is 5.82 Å². The molecule has 0 fully saturated rings. The highest BCUT2D eigenvalue weighted by atomic mass is 32.1. The first-order valence-electron chi connectivity index (χ1n) is 7.77. The summed E-state index contributed by atoms with van der Waals surface area (Å²) in [6.45, 7) is 5.70. The van der Waals surface area contributed by atoms with Crippen molar-refractivity contribution in [1.82, 2.24) is 15.0 Å². The van der Waals surface area contributed by atoms with Crippen LogP contribution in [0.1, 0.15) is 41.0 Å². The quantitative estimate of drug-likeness (QED) is 0.901. The molecule has 6 nitrogen and oxygen atoms in total. The van der Waals surface area contributed by atoms with Crippen molar-refractivity contribution in [2.75, 3.05) is 5.32 Å². The van der Waals surface area contributed by atoms with Crippen molar-refractivity contribution in [3.8, 4) is 0 Å². The Labute approximate surface area is 138 Å². The second kappa shape index (κ2) is 6.23. The molecule has 2 aromatic heterocycles. The van der Waals surface area contributed by atoms with Gasteiger partial charge in [-0.15, -0.1) is 11.3 Å². The first-order chi connectivity index (χ1) is 10.9. The summed E-state index contributed by atoms with van der Waals surface area (Å²) in [4.78, 5) is 36.8. The van der Waals surface area contributed by atoms with Crippen LogP contribution in [0.5, 0.6) is 0 Å². The molecule has 1 atom stereocenters. The Morgan fingerprint density at radius 2 is 2.17 bits per heavy atom. The Morgan fingerprint density at radius 3 is 2.91 bits per heavy atom. The molecule has 1 aliphatic carbocycles. The number of nitrogens with one attached hydrogen (secondary N) is 2. The lowest BCUT2D eigenvalue weighted by molar-refractivity contribution is -0.115. The molecule has 2 N–H and O–H groups in total. The lowest BCUT2D eigenvalue weighted by atomic mass is 9.93. The fourth-order valence-electron chi connectivity index (χ4n) is 2.88. The molecule has 2 aromatic rings. The topological polar surface area (TPSA) is 87.7 Å². The molecule has 0 spiro atoms. The van der Waals surface area contributed by atoms with Crippen LogP contribution in [0.4, 0.5) is 5.13 Å². The molecule has 122 valence electrons. The zero-order chi connectivity index (χ0) is 16.6. The normalized spacial score (nSPS) is 16.9. The second-order valence-corrected chi connectivity index (χ2v) is 7.26. The van der Waals surface area contributed by atoms with Gasteiger partial charge >= 0.3 is 0 Å². The minimum absolute atomic E-state index is 0.00902. The standard InChI is InChI=1S/C16H20N4O2S/c1-8-4-5-12-13(6-8)23-16(19-12)20-14(21)7-11-9(2)17-10(3)18-15(11)22/h8H,4-7H2,1-3H3,(H,17,18,22)(H,19,20,21). The van der Waals surface area contributed by atoms with Crippen LogP contribution in [-0.2, 0) is 24.1 Å². The zero-order valence-electron chi connectivity index (χ0n) is 13.5. The lowest BCUT2D eigenvalue weighted by Gasteiger charge is -2.15. The fraction of sp³-hybridized carbons (Fsp3) is 0.500. The Morgan fingerprint density at radius 1 is 1.39 bits per heavy atom. The third-order valence-electron chi connectivity index (χ3n) is 4.11. The number of rotatable bonds is 3. The van der Waals surface area contributed by atoms with Crippen molar-refractivity contribution in [3.63, 3.8) is 0 Å². The Kier molecular flexibility index (Phi) is 4.30. The van der Waals surface area contributed by atoms with E-state index in [0.717, 1.165) is 25.0 Å². The highest BCUT2D eigenvalue weighted by molar-refractivity contribution is 7.15. The molecule has 0 radical (unpaired) electrons. The summed E-state index contributed by atoms with van der Waals surface area (Å²) < 4.78 is 0. The van der Waals surface area contributed by atoms with Gasteiger partial charge < -0.3 is 10.3 Å². The number of carbonyl (C=O) groups excluding carboxylic acids is 1. The average molecular weight is 332 g/mol. The van der Waals surface area contributed by atoms with Crippen LogP contribution in [0.25, 0.3) is 0 Å². The highest BCUT2D eigenvalue weighted by Crippen LogP contribution is 2.32. The number of aryl methyl sites for hydroxylation is 3. The molecule has 7 heteroatoms. The van der Waals surface area contributed by atoms with Gasteiger partial charge in [-0.3, -0.25) is 9.59 Å². The van der Waals surface area contributed by atoms with Crippen molar-refractivity contribution < 1.29 is 4.79 Å². The van der Waals surface area contributed by atoms with Gasteiger partial charge in [0.15, 0.2) is 5.13 Å². The fourth-order valence-corrected chi connectivity index (χ4v) is 4.06. The predicted molar refractivity (Wildman–Crippen MR) is 90.0 cm³/mol. The number of anilines is 1. The van der Waals surface area contributed by atoms with Crippen molar-refractivity contribution in [2.45, 2.75) is 46.5 Å². The molecule has 3 rings (SSSR count). The van der Waals surface area contributed by atoms with Gasteiger partial charge in [-0.2, -0.15) is 0 Å². The summed E-state index contributed by atoms with van der Waals surface area (Å²) in [6.07, 6.45) is 3.16. The number of hydrogen-bond donors (Lipinski definition) is 2. The van der Waals surface area contributed by atoms with Gasteiger partial charge in [0.2, 0.25) is 5.91 Å². The zero-order valence-corrected chi connectivity index (χ0v) is 14.3. The van der Waals surface area contributed by atoms with E-state index in [9.17, 15) is 9.59 Å². The molecule has 1 amide bonds. The van der Waals surface area contributed by atoms with Crippen LogP contribution in [-0.4, -0.2) is 20.9 Å². The molecular weight excluding hydrogens is 312 g/mol. The summed E-state index contributed by atoms with van der Waals surface area (Å²) in [7, 11) is 0. The lowest BCUT2D eigenvalue weighted by Crippen LogP contribution is -2.24. The maximum Gasteiger partial charge on any atom is 0.254 e. The van der Waals surface area contributed by atoms with Crippen molar-refractivity contribution in [3.05, 3.63) is 38.0 Å². The maximum absolute atomic E-state index is 12.2. The molecule has 0 saturated heterocycles. The number of hydrogen-bond acceptors (Lipinski definition) is 5. The first kappa shape index (κ1) is 15.9. The number of thiazole rings is 1. The summed E-state index contributed by atoms with van der Waals surface area (Å²) in [5.74, 6) is 0.994. The van der Waals surface area contributed by atoms with E-state index in [0.29, 0.717) is 28.1 Å². The molecule has 2 heterocycles. The second-order valence-electron chi connectivity index (χ2n) is 6.18. The smallest absolute Gasteiger partial charge is 0.254 e. The van der Waals surface area contributed by atoms with Gasteiger partial charge in [0.25, 0.3) is 5.56 Å². The number of fused-ring (bicyclic) bond motifs is 1. The summed E-state index contributed by atoms with van der Waals surface area (Å²) >= 11 is 1.54. The van der Waals surface area contributed by atoms with Gasteiger partial charge in [0, 0.05) is 16.1 Å². The summed E-state index contributed by atoms with van der Waals surface area (Å²) in [6, 6.07) is 0. The van der Waals surface area contributed by atoms with E-state index in [1.54, 1.807) is 25.2 Å². The van der Waals surface area contributed by atoms with Crippen LogP contribution in [0.15, 0.2) is 4.79 Å². The number of H-pyrrole nitrogens is 1. The minimum Gasteiger partial charge on any atom is -0.311 e. The van der Waals surface area contributed by atoms with Gasteiger partial charge in [-0.05, 0) is 39.0 Å². The van der Waals surface area contributed by atoms with Gasteiger partial charge in [-0.25, -0.2) is 9.97 Å². The number of nitrogens with zero attached hydrogens (tertiary/aromatic N) is 2. The van der Waals surface area contributed by atoms with Crippen LogP contribution in [0, 0.1) is 19.8 Å². The Hall–Kier alpha value is -2.02. The average Bonchev–Trinajstić information content (AvgIpc) is 2.84. The predicted octanol–water partition coefficient (Wildman–Crippen LogP) is 2.15. The van der Waals surface area contributed by atoms with Crippen molar-refractivity contribution in [1.29, 1.82) is 0 Å². The van der Waals surface area contributed by atoms with Crippen molar-refractivity contribution >= 4 is 22.4 Å². The van der Waals surface area contributed by atoms with Gasteiger partial charge in [0.05, 0.1) is 12.1 Å². The molecular formula is C16H20N4O2S. The van der Waals surface area contributed by atoms with Crippen LogP contribution in [0.3, 0.4) is 0 Å². The molecule has 1 unspecified atom stereocenters. The molecule has 1 aliphatic rings. The van der Waals surface area contributed by atoms with E-state index in [1.165, 1.54) is 4.88 Å². The number of aromatic amines is 1. The Bertz CT molecular complexity index is 809. The monoisotopic (exact) mass is 332 g/mol. The van der Waals surface area contributed by atoms with Crippen LogP contribution < -0.4 is 10.9 Å². The molecule has 23 heavy (non-hydrogen) atoms. The van der Waals surface area contributed by atoms with Gasteiger partial charge in [-0.1, -0.05) is 6.92 Å². The van der Waals surface area contributed by atoms with E-state index >= 15 is 0 Å². The Balaban J connectivity index is 1.72. The third-order valence-corrected chi connectivity index (χ3v) is 5.15. The molecule has 0 saturated carbocycles. The highest BCUT2D eigenvalue weighted by Gasteiger charge is 2.21. The van der Waals surface area contributed by atoms with E-state index in [1.807, 2.05) is 0 Å². The van der Waals surface area contributed by atoms with E-state index in [2.05, 4.69) is 27.2 Å². The number of amides is 1. The molecule has 0 bridgehead atoms. The largest absolute Gasteiger partial charge is 0.311 e. The minimum atomic E-state index is -0.252. The van der Waals surface area contributed by atoms with E-state index < -0.39 is 0 Å². The number of aromatic nitrogens is 3. The summed E-state index contributed by atoms with van der Waals surface area (Å²) in [5, 5.41) is 3.45. The third kappa shape index (κ3) is 3.50. The maximum atomic E-state index is 12.2. The van der Waals surface area contributed by atoms with E-state index in [4.69, 9.17) is 0 Å². The van der Waals surface area contributed by atoms with Crippen LogP contribution >= 0.6 is 11.3 Å².